The van der Waals surface area contributed by atoms with E-state index in [1.165, 1.54) is 0 Å². The van der Waals surface area contributed by atoms with E-state index < -0.39 is 6.04 Å². The van der Waals surface area contributed by atoms with E-state index in [0.717, 1.165) is 24.2 Å². The summed E-state index contributed by atoms with van der Waals surface area (Å²) < 4.78 is 5.82. The van der Waals surface area contributed by atoms with Crippen LogP contribution in [0.2, 0.25) is 0 Å². The molecule has 0 N–H and O–H groups in total. The highest BCUT2D eigenvalue weighted by Crippen LogP contribution is 2.19. The molecular formula is C18H26N2O3. The Morgan fingerprint density at radius 3 is 2.61 bits per heavy atom. The smallest absolute Gasteiger partial charge is 0.245 e. The van der Waals surface area contributed by atoms with Crippen molar-refractivity contribution in [2.24, 2.45) is 0 Å². The van der Waals surface area contributed by atoms with Crippen LogP contribution in [0.15, 0.2) is 24.3 Å². The number of aryl methyl sites for hydroxylation is 1. The van der Waals surface area contributed by atoms with Crippen molar-refractivity contribution in [1.82, 2.24) is 9.80 Å². The maximum atomic E-state index is 12.3. The first kappa shape index (κ1) is 17.3. The van der Waals surface area contributed by atoms with Gasteiger partial charge in [0.25, 0.3) is 0 Å². The van der Waals surface area contributed by atoms with Gasteiger partial charge in [-0.2, -0.15) is 0 Å². The maximum Gasteiger partial charge on any atom is 0.245 e. The van der Waals surface area contributed by atoms with E-state index in [-0.39, 0.29) is 18.4 Å². The summed E-state index contributed by atoms with van der Waals surface area (Å²) in [6.07, 6.45) is 1.77. The highest BCUT2D eigenvalue weighted by atomic mass is 16.5. The van der Waals surface area contributed by atoms with E-state index in [9.17, 15) is 9.59 Å². The van der Waals surface area contributed by atoms with E-state index >= 15 is 0 Å². The van der Waals surface area contributed by atoms with Gasteiger partial charge in [0.15, 0.2) is 0 Å². The Morgan fingerprint density at radius 1 is 1.17 bits per heavy atom. The molecule has 0 bridgehead atoms. The van der Waals surface area contributed by atoms with Crippen molar-refractivity contribution >= 4 is 11.8 Å². The molecule has 1 aliphatic rings. The van der Waals surface area contributed by atoms with E-state index in [4.69, 9.17) is 4.74 Å². The molecule has 126 valence electrons. The molecule has 2 amide bonds. The average Bonchev–Trinajstić information content (AvgIpc) is 2.56. The van der Waals surface area contributed by atoms with Crippen LogP contribution in [0.25, 0.3) is 0 Å². The van der Waals surface area contributed by atoms with Crippen LogP contribution in [-0.2, 0) is 16.0 Å². The number of amides is 2. The van der Waals surface area contributed by atoms with Crippen LogP contribution in [0.3, 0.4) is 0 Å². The largest absolute Gasteiger partial charge is 0.491 e. The maximum absolute atomic E-state index is 12.3. The molecule has 1 heterocycles. The molecule has 1 aromatic carbocycles. The second kappa shape index (κ2) is 7.99. The molecule has 0 radical (unpaired) electrons. The molecule has 23 heavy (non-hydrogen) atoms. The number of carbonyl (C=O) groups excluding carboxylic acids is 2. The quantitative estimate of drug-likeness (QED) is 0.773. The van der Waals surface area contributed by atoms with Crippen LogP contribution in [0, 0.1) is 0 Å². The Hall–Kier alpha value is -2.04. The molecule has 1 fully saturated rings. The molecule has 1 aromatic rings. The second-order valence-electron chi connectivity index (χ2n) is 5.83. The van der Waals surface area contributed by atoms with Crippen molar-refractivity contribution in [3.8, 4) is 5.75 Å². The second-order valence-corrected chi connectivity index (χ2v) is 5.83. The zero-order valence-corrected chi connectivity index (χ0v) is 14.2. The Labute approximate surface area is 138 Å². The SMILES string of the molecule is CCCN1CC(=O)N(CCOc2ccccc2CC)[C@@H](C)C1=O. The van der Waals surface area contributed by atoms with Crippen LogP contribution in [0.1, 0.15) is 32.8 Å². The summed E-state index contributed by atoms with van der Waals surface area (Å²) in [6, 6.07) is 7.50. The van der Waals surface area contributed by atoms with Gasteiger partial charge >= 0.3 is 0 Å². The molecular weight excluding hydrogens is 292 g/mol. The van der Waals surface area contributed by atoms with Crippen molar-refractivity contribution in [1.29, 1.82) is 0 Å². The number of rotatable bonds is 7. The standard InChI is InChI=1S/C18H26N2O3/c1-4-10-19-13-17(21)20(14(3)18(19)22)11-12-23-16-9-7-6-8-15(16)5-2/h6-9,14H,4-5,10-13H2,1-3H3/t14-/m0/s1. The van der Waals surface area contributed by atoms with Crippen molar-refractivity contribution < 1.29 is 14.3 Å². The molecule has 2 rings (SSSR count). The highest BCUT2D eigenvalue weighted by Gasteiger charge is 2.35. The molecule has 0 spiro atoms. The van der Waals surface area contributed by atoms with Crippen molar-refractivity contribution in [2.75, 3.05) is 26.2 Å². The molecule has 5 nitrogen and oxygen atoms in total. The van der Waals surface area contributed by atoms with Gasteiger partial charge < -0.3 is 14.5 Å². The minimum atomic E-state index is -0.409. The first-order chi connectivity index (χ1) is 11.1. The van der Waals surface area contributed by atoms with E-state index in [1.807, 2.05) is 31.2 Å². The van der Waals surface area contributed by atoms with Crippen molar-refractivity contribution in [3.63, 3.8) is 0 Å². The van der Waals surface area contributed by atoms with Crippen molar-refractivity contribution in [2.45, 2.75) is 39.7 Å². The average molecular weight is 318 g/mol. The lowest BCUT2D eigenvalue weighted by atomic mass is 10.1. The summed E-state index contributed by atoms with van der Waals surface area (Å²) in [5.41, 5.74) is 1.15. The first-order valence-electron chi connectivity index (χ1n) is 8.37. The summed E-state index contributed by atoms with van der Waals surface area (Å²) in [4.78, 5) is 27.9. The lowest BCUT2D eigenvalue weighted by Gasteiger charge is -2.38. The van der Waals surface area contributed by atoms with Gasteiger partial charge in [-0.15, -0.1) is 0 Å². The summed E-state index contributed by atoms with van der Waals surface area (Å²) in [7, 11) is 0. The number of hydrogen-bond donors (Lipinski definition) is 0. The number of hydrogen-bond acceptors (Lipinski definition) is 3. The van der Waals surface area contributed by atoms with Gasteiger partial charge in [-0.3, -0.25) is 9.59 Å². The minimum Gasteiger partial charge on any atom is -0.491 e. The molecule has 0 saturated carbocycles. The van der Waals surface area contributed by atoms with Crippen LogP contribution in [0.4, 0.5) is 0 Å². The van der Waals surface area contributed by atoms with Crippen molar-refractivity contribution in [3.05, 3.63) is 29.8 Å². The molecule has 1 atom stereocenters. The third kappa shape index (κ3) is 4.03. The first-order valence-corrected chi connectivity index (χ1v) is 8.37. The van der Waals surface area contributed by atoms with E-state index in [0.29, 0.717) is 19.7 Å². The zero-order valence-electron chi connectivity index (χ0n) is 14.2. The van der Waals surface area contributed by atoms with Gasteiger partial charge in [-0.1, -0.05) is 32.0 Å². The summed E-state index contributed by atoms with van der Waals surface area (Å²) in [5, 5.41) is 0. The third-order valence-corrected chi connectivity index (χ3v) is 4.22. The monoisotopic (exact) mass is 318 g/mol. The lowest BCUT2D eigenvalue weighted by Crippen LogP contribution is -2.59. The van der Waals surface area contributed by atoms with Crippen LogP contribution in [0.5, 0.6) is 5.75 Å². The van der Waals surface area contributed by atoms with E-state index in [1.54, 1.807) is 16.7 Å². The predicted octanol–water partition coefficient (Wildman–Crippen LogP) is 2.10. The van der Waals surface area contributed by atoms with Crippen LogP contribution in [-0.4, -0.2) is 53.9 Å². The Morgan fingerprint density at radius 2 is 1.91 bits per heavy atom. The third-order valence-electron chi connectivity index (χ3n) is 4.22. The zero-order chi connectivity index (χ0) is 16.8. The lowest BCUT2D eigenvalue weighted by molar-refractivity contribution is -0.155. The van der Waals surface area contributed by atoms with Crippen LogP contribution < -0.4 is 4.74 Å². The number of para-hydroxylation sites is 1. The summed E-state index contributed by atoms with van der Waals surface area (Å²) >= 11 is 0. The van der Waals surface area contributed by atoms with Crippen LogP contribution >= 0.6 is 0 Å². The highest BCUT2D eigenvalue weighted by molar-refractivity contribution is 5.94. The predicted molar refractivity (Wildman–Crippen MR) is 89.4 cm³/mol. The molecule has 0 aromatic heterocycles. The van der Waals surface area contributed by atoms with Gasteiger partial charge in [-0.25, -0.2) is 0 Å². The van der Waals surface area contributed by atoms with Gasteiger partial charge in [0, 0.05) is 6.54 Å². The van der Waals surface area contributed by atoms with Gasteiger partial charge in [0.2, 0.25) is 11.8 Å². The number of piperazine rings is 1. The molecule has 1 aliphatic heterocycles. The molecule has 0 aliphatic carbocycles. The Bertz CT molecular complexity index is 559. The number of ether oxygens (including phenoxy) is 1. The molecule has 1 saturated heterocycles. The number of nitrogens with zero attached hydrogens (tertiary/aromatic N) is 2. The fraction of sp³-hybridized carbons (Fsp3) is 0.556. The van der Waals surface area contributed by atoms with E-state index in [2.05, 4.69) is 6.92 Å². The summed E-state index contributed by atoms with van der Waals surface area (Å²) in [6.45, 7) is 7.54. The van der Waals surface area contributed by atoms with Gasteiger partial charge in [0.1, 0.15) is 18.4 Å². The summed E-state index contributed by atoms with van der Waals surface area (Å²) in [5.74, 6) is 0.879. The Balaban J connectivity index is 1.92. The molecule has 5 heteroatoms. The molecule has 0 unspecified atom stereocenters. The van der Waals surface area contributed by atoms with Gasteiger partial charge in [-0.05, 0) is 31.4 Å². The number of benzene rings is 1. The fourth-order valence-corrected chi connectivity index (χ4v) is 2.91. The normalized spacial score (nSPS) is 18.5. The topological polar surface area (TPSA) is 49.9 Å². The number of carbonyl (C=O) groups is 2. The Kier molecular flexibility index (Phi) is 6.02. The minimum absolute atomic E-state index is 0.00192. The fourth-order valence-electron chi connectivity index (χ4n) is 2.91. The van der Waals surface area contributed by atoms with Gasteiger partial charge in [0.05, 0.1) is 13.1 Å².